The summed E-state index contributed by atoms with van der Waals surface area (Å²) in [5.74, 6) is -1.42. The zero-order valence-electron chi connectivity index (χ0n) is 13.6. The average molecular weight is 300 g/mol. The van der Waals surface area contributed by atoms with Crippen molar-refractivity contribution in [2.45, 2.75) is 27.7 Å². The summed E-state index contributed by atoms with van der Waals surface area (Å²) in [5, 5.41) is 9.07. The van der Waals surface area contributed by atoms with Crippen molar-refractivity contribution < 1.29 is 19.4 Å². The van der Waals surface area contributed by atoms with Gasteiger partial charge in [0, 0.05) is 38.1 Å². The van der Waals surface area contributed by atoms with Crippen LogP contribution < -0.4 is 0 Å². The molecule has 1 atom stereocenters. The first-order chi connectivity index (χ1) is 9.71. The van der Waals surface area contributed by atoms with Gasteiger partial charge in [-0.2, -0.15) is 0 Å². The van der Waals surface area contributed by atoms with Gasteiger partial charge >= 0.3 is 5.97 Å². The van der Waals surface area contributed by atoms with Gasteiger partial charge in [0.1, 0.15) is 0 Å². The first-order valence-corrected chi connectivity index (χ1v) is 7.54. The van der Waals surface area contributed by atoms with E-state index in [2.05, 4.69) is 4.90 Å². The van der Waals surface area contributed by atoms with Crippen molar-refractivity contribution in [1.82, 2.24) is 9.80 Å². The minimum Gasteiger partial charge on any atom is -0.481 e. The molecule has 1 heterocycles. The Hall–Kier alpha value is -1.14. The number of ether oxygens (including phenoxy) is 1. The van der Waals surface area contributed by atoms with Gasteiger partial charge in [-0.05, 0) is 0 Å². The largest absolute Gasteiger partial charge is 0.481 e. The molecule has 0 aromatic heterocycles. The zero-order chi connectivity index (χ0) is 16.0. The molecule has 1 amide bonds. The lowest BCUT2D eigenvalue weighted by atomic mass is 9.94. The van der Waals surface area contributed by atoms with Crippen LogP contribution in [0.15, 0.2) is 0 Å². The number of amides is 1. The topological polar surface area (TPSA) is 70.1 Å². The van der Waals surface area contributed by atoms with Crippen LogP contribution in [-0.2, 0) is 14.3 Å². The number of hydrogen-bond acceptors (Lipinski definition) is 4. The molecular formula is C15H28N2O4. The van der Waals surface area contributed by atoms with Crippen LogP contribution in [0.1, 0.15) is 27.7 Å². The van der Waals surface area contributed by atoms with Crippen LogP contribution >= 0.6 is 0 Å². The van der Waals surface area contributed by atoms with Crippen molar-refractivity contribution in [2.75, 3.05) is 45.9 Å². The number of carboxylic acid groups (broad SMARTS) is 1. The first-order valence-electron chi connectivity index (χ1n) is 7.54. The Morgan fingerprint density at radius 3 is 2.33 bits per heavy atom. The molecule has 1 aliphatic rings. The lowest BCUT2D eigenvalue weighted by Crippen LogP contribution is -2.48. The quantitative estimate of drug-likeness (QED) is 0.789. The molecule has 0 aromatic carbocycles. The summed E-state index contributed by atoms with van der Waals surface area (Å²) in [6.07, 6.45) is 0. The Morgan fingerprint density at radius 1 is 1.29 bits per heavy atom. The predicted molar refractivity (Wildman–Crippen MR) is 80.1 cm³/mol. The SMILES string of the molecule is CC(CN(CCN1CCOCC1)C(=O)C(C)(C)C)C(=O)O. The Kier molecular flexibility index (Phi) is 6.61. The molecule has 0 bridgehead atoms. The molecule has 1 aliphatic heterocycles. The van der Waals surface area contributed by atoms with Crippen LogP contribution in [0.5, 0.6) is 0 Å². The molecule has 1 unspecified atom stereocenters. The smallest absolute Gasteiger partial charge is 0.308 e. The first kappa shape index (κ1) is 17.9. The zero-order valence-corrected chi connectivity index (χ0v) is 13.6. The Bertz CT molecular complexity index is 359. The number of carbonyl (C=O) groups excluding carboxylic acids is 1. The molecule has 1 rings (SSSR count). The summed E-state index contributed by atoms with van der Waals surface area (Å²) in [5.41, 5.74) is -0.497. The van der Waals surface area contributed by atoms with Crippen molar-refractivity contribution in [3.8, 4) is 0 Å². The molecule has 0 radical (unpaired) electrons. The van der Waals surface area contributed by atoms with Crippen molar-refractivity contribution >= 4 is 11.9 Å². The van der Waals surface area contributed by atoms with Crippen molar-refractivity contribution in [3.05, 3.63) is 0 Å². The van der Waals surface area contributed by atoms with Crippen molar-refractivity contribution in [1.29, 1.82) is 0 Å². The number of morpholine rings is 1. The fourth-order valence-corrected chi connectivity index (χ4v) is 2.25. The van der Waals surface area contributed by atoms with Crippen LogP contribution in [0.2, 0.25) is 0 Å². The Balaban J connectivity index is 2.62. The summed E-state index contributed by atoms with van der Waals surface area (Å²) < 4.78 is 5.30. The molecule has 1 fully saturated rings. The minimum atomic E-state index is -0.868. The van der Waals surface area contributed by atoms with Gasteiger partial charge in [0.15, 0.2) is 0 Å². The third kappa shape index (κ3) is 6.01. The maximum atomic E-state index is 12.5. The molecule has 0 spiro atoms. The summed E-state index contributed by atoms with van der Waals surface area (Å²) >= 11 is 0. The lowest BCUT2D eigenvalue weighted by molar-refractivity contribution is -0.145. The monoisotopic (exact) mass is 300 g/mol. The standard InChI is InChI=1S/C15H28N2O4/c1-12(13(18)19)11-17(14(20)15(2,3)4)6-5-16-7-9-21-10-8-16/h12H,5-11H2,1-4H3,(H,18,19). The highest BCUT2D eigenvalue weighted by molar-refractivity contribution is 5.82. The molecule has 0 aromatic rings. The van der Waals surface area contributed by atoms with Crippen molar-refractivity contribution in [2.24, 2.45) is 11.3 Å². The fraction of sp³-hybridized carbons (Fsp3) is 0.867. The predicted octanol–water partition coefficient (Wildman–Crippen LogP) is 0.914. The normalized spacial score (nSPS) is 18.3. The van der Waals surface area contributed by atoms with Crippen LogP contribution in [-0.4, -0.2) is 72.7 Å². The van der Waals surface area contributed by atoms with Crippen LogP contribution in [0.3, 0.4) is 0 Å². The van der Waals surface area contributed by atoms with E-state index in [1.54, 1.807) is 11.8 Å². The second-order valence-corrected chi connectivity index (χ2v) is 6.69. The second kappa shape index (κ2) is 7.75. The van der Waals surface area contributed by atoms with Crippen molar-refractivity contribution in [3.63, 3.8) is 0 Å². The summed E-state index contributed by atoms with van der Waals surface area (Å²) in [7, 11) is 0. The van der Waals surface area contributed by atoms with Gasteiger partial charge in [-0.15, -0.1) is 0 Å². The second-order valence-electron chi connectivity index (χ2n) is 6.69. The van der Waals surface area contributed by atoms with E-state index in [1.807, 2.05) is 20.8 Å². The Morgan fingerprint density at radius 2 is 1.86 bits per heavy atom. The van der Waals surface area contributed by atoms with E-state index in [0.717, 1.165) is 32.8 Å². The molecule has 0 aliphatic carbocycles. The maximum Gasteiger partial charge on any atom is 0.308 e. The van der Waals surface area contributed by atoms with Gasteiger partial charge in [0.2, 0.25) is 5.91 Å². The molecule has 0 saturated carbocycles. The Labute approximate surface area is 127 Å². The summed E-state index contributed by atoms with van der Waals surface area (Å²) in [6.45, 7) is 12.0. The number of carboxylic acids is 1. The van der Waals surface area contributed by atoms with E-state index in [9.17, 15) is 9.59 Å². The van der Waals surface area contributed by atoms with Gasteiger partial charge in [-0.25, -0.2) is 0 Å². The molecule has 1 N–H and O–H groups in total. The van der Waals surface area contributed by atoms with Gasteiger partial charge in [0.05, 0.1) is 19.1 Å². The maximum absolute atomic E-state index is 12.5. The van der Waals surface area contributed by atoms with Gasteiger partial charge < -0.3 is 14.7 Å². The summed E-state index contributed by atoms with van der Waals surface area (Å²) in [4.78, 5) is 27.5. The lowest BCUT2D eigenvalue weighted by Gasteiger charge is -2.34. The van der Waals surface area contributed by atoms with Gasteiger partial charge in [-0.1, -0.05) is 27.7 Å². The fourth-order valence-electron chi connectivity index (χ4n) is 2.25. The van der Waals surface area contributed by atoms with E-state index >= 15 is 0 Å². The molecule has 6 nitrogen and oxygen atoms in total. The van der Waals surface area contributed by atoms with Crippen LogP contribution in [0.25, 0.3) is 0 Å². The van der Waals surface area contributed by atoms with Crippen LogP contribution in [0.4, 0.5) is 0 Å². The number of rotatable bonds is 6. The molecular weight excluding hydrogens is 272 g/mol. The molecule has 6 heteroatoms. The highest BCUT2D eigenvalue weighted by Gasteiger charge is 2.29. The summed E-state index contributed by atoms with van der Waals surface area (Å²) in [6, 6.07) is 0. The van der Waals surface area contributed by atoms with Gasteiger partial charge in [-0.3, -0.25) is 14.5 Å². The van der Waals surface area contributed by atoms with E-state index in [0.29, 0.717) is 6.54 Å². The molecule has 122 valence electrons. The van der Waals surface area contributed by atoms with Crippen LogP contribution in [0, 0.1) is 11.3 Å². The number of hydrogen-bond donors (Lipinski definition) is 1. The van der Waals surface area contributed by atoms with Gasteiger partial charge in [0.25, 0.3) is 0 Å². The number of nitrogens with zero attached hydrogens (tertiary/aromatic N) is 2. The highest BCUT2D eigenvalue weighted by atomic mass is 16.5. The number of aliphatic carboxylic acids is 1. The van der Waals surface area contributed by atoms with E-state index in [1.165, 1.54) is 0 Å². The van der Waals surface area contributed by atoms with E-state index in [4.69, 9.17) is 9.84 Å². The third-order valence-electron chi connectivity index (χ3n) is 3.63. The molecule has 1 saturated heterocycles. The van der Waals surface area contributed by atoms with E-state index in [-0.39, 0.29) is 12.5 Å². The third-order valence-corrected chi connectivity index (χ3v) is 3.63. The minimum absolute atomic E-state index is 0.00357. The van der Waals surface area contributed by atoms with E-state index < -0.39 is 17.3 Å². The average Bonchev–Trinajstić information content (AvgIpc) is 2.42. The molecule has 21 heavy (non-hydrogen) atoms. The highest BCUT2D eigenvalue weighted by Crippen LogP contribution is 2.18. The number of carbonyl (C=O) groups is 2.